The summed E-state index contributed by atoms with van der Waals surface area (Å²) in [6.45, 7) is 7.20. The van der Waals surface area contributed by atoms with Gasteiger partial charge in [0.25, 0.3) is 5.91 Å². The Labute approximate surface area is 199 Å². The summed E-state index contributed by atoms with van der Waals surface area (Å²) in [5, 5.41) is 3.95. The quantitative estimate of drug-likeness (QED) is 0.358. The van der Waals surface area contributed by atoms with Crippen molar-refractivity contribution in [2.24, 2.45) is 5.10 Å². The van der Waals surface area contributed by atoms with Crippen molar-refractivity contribution in [2.45, 2.75) is 45.9 Å². The Kier molecular flexibility index (Phi) is 9.18. The molecular formula is C25H31N3O6. The molecule has 0 radical (unpaired) electrons. The molecule has 0 aliphatic carbocycles. The van der Waals surface area contributed by atoms with E-state index in [9.17, 15) is 14.4 Å². The van der Waals surface area contributed by atoms with Crippen molar-refractivity contribution < 1.29 is 28.6 Å². The Morgan fingerprint density at radius 2 is 1.68 bits per heavy atom. The summed E-state index contributed by atoms with van der Waals surface area (Å²) in [5.41, 5.74) is 3.92. The third kappa shape index (κ3) is 8.23. The standard InChI is InChI=1S/C25H31N3O6/c1-17(28(5)24(31)34-25(2,3)4)22(29)27-26-15-18-9-13-21(14-10-18)33-16-19-7-11-20(12-8-19)23(30)32-6/h7-15,17H,16H2,1-6H3,(H,27,29)/b26-15-. The van der Waals surface area contributed by atoms with Gasteiger partial charge in [0.15, 0.2) is 0 Å². The molecule has 1 N–H and O–H groups in total. The van der Waals surface area contributed by atoms with Gasteiger partial charge in [-0.15, -0.1) is 0 Å². The number of carbonyl (C=O) groups is 3. The molecule has 0 saturated carbocycles. The summed E-state index contributed by atoms with van der Waals surface area (Å²) in [4.78, 5) is 37.0. The lowest BCUT2D eigenvalue weighted by Gasteiger charge is -2.27. The first-order valence-corrected chi connectivity index (χ1v) is 10.7. The van der Waals surface area contributed by atoms with E-state index in [4.69, 9.17) is 9.47 Å². The summed E-state index contributed by atoms with van der Waals surface area (Å²) < 4.78 is 15.7. The molecule has 0 aromatic heterocycles. The molecule has 2 aromatic carbocycles. The Balaban J connectivity index is 1.83. The fourth-order valence-electron chi connectivity index (χ4n) is 2.60. The highest BCUT2D eigenvalue weighted by Crippen LogP contribution is 2.15. The zero-order valence-electron chi connectivity index (χ0n) is 20.3. The van der Waals surface area contributed by atoms with Crippen molar-refractivity contribution in [3.63, 3.8) is 0 Å². The minimum Gasteiger partial charge on any atom is -0.489 e. The molecule has 34 heavy (non-hydrogen) atoms. The number of nitrogens with zero attached hydrogens (tertiary/aromatic N) is 2. The number of methoxy groups -OCH3 is 1. The van der Waals surface area contributed by atoms with Crippen molar-refractivity contribution in [3.05, 3.63) is 65.2 Å². The Hall–Kier alpha value is -3.88. The van der Waals surface area contributed by atoms with E-state index >= 15 is 0 Å². The van der Waals surface area contributed by atoms with E-state index in [1.54, 1.807) is 76.2 Å². The van der Waals surface area contributed by atoms with Gasteiger partial charge in [0, 0.05) is 7.05 Å². The van der Waals surface area contributed by atoms with Gasteiger partial charge in [-0.05, 0) is 75.2 Å². The molecule has 9 heteroatoms. The van der Waals surface area contributed by atoms with Crippen LogP contribution in [0.4, 0.5) is 4.79 Å². The highest BCUT2D eigenvalue weighted by atomic mass is 16.6. The average Bonchev–Trinajstić information content (AvgIpc) is 2.81. The fourth-order valence-corrected chi connectivity index (χ4v) is 2.60. The number of hydrazone groups is 1. The Morgan fingerprint density at radius 1 is 1.06 bits per heavy atom. The molecule has 0 aliphatic rings. The lowest BCUT2D eigenvalue weighted by atomic mass is 10.1. The lowest BCUT2D eigenvalue weighted by molar-refractivity contribution is -0.125. The summed E-state index contributed by atoms with van der Waals surface area (Å²) in [6.07, 6.45) is 0.905. The van der Waals surface area contributed by atoms with Gasteiger partial charge < -0.3 is 14.2 Å². The first-order valence-electron chi connectivity index (χ1n) is 10.7. The van der Waals surface area contributed by atoms with Gasteiger partial charge in [0.2, 0.25) is 0 Å². The highest BCUT2D eigenvalue weighted by Gasteiger charge is 2.26. The molecular weight excluding hydrogens is 438 g/mol. The van der Waals surface area contributed by atoms with E-state index in [2.05, 4.69) is 15.3 Å². The van der Waals surface area contributed by atoms with Crippen molar-refractivity contribution in [1.29, 1.82) is 0 Å². The molecule has 2 amide bonds. The van der Waals surface area contributed by atoms with Gasteiger partial charge in [-0.1, -0.05) is 12.1 Å². The van der Waals surface area contributed by atoms with Crippen molar-refractivity contribution in [3.8, 4) is 5.75 Å². The topological polar surface area (TPSA) is 107 Å². The average molecular weight is 470 g/mol. The predicted octanol–water partition coefficient (Wildman–Crippen LogP) is 3.76. The SMILES string of the molecule is COC(=O)c1ccc(COc2ccc(/C=N\NC(=O)C(C)N(C)C(=O)OC(C)(C)C)cc2)cc1. The molecule has 9 nitrogen and oxygen atoms in total. The number of hydrogen-bond donors (Lipinski definition) is 1. The molecule has 0 fully saturated rings. The zero-order valence-corrected chi connectivity index (χ0v) is 20.3. The Morgan fingerprint density at radius 3 is 2.24 bits per heavy atom. The van der Waals surface area contributed by atoms with Crippen LogP contribution in [0.25, 0.3) is 0 Å². The summed E-state index contributed by atoms with van der Waals surface area (Å²) >= 11 is 0. The molecule has 1 unspecified atom stereocenters. The van der Waals surface area contributed by atoms with E-state index in [1.807, 2.05) is 0 Å². The third-order valence-corrected chi connectivity index (χ3v) is 4.69. The number of esters is 1. The molecule has 0 saturated heterocycles. The molecule has 0 spiro atoms. The first kappa shape index (κ1) is 26.4. The van der Waals surface area contributed by atoms with E-state index < -0.39 is 23.6 Å². The number of benzene rings is 2. The van der Waals surface area contributed by atoms with Crippen LogP contribution in [0.15, 0.2) is 53.6 Å². The second-order valence-corrected chi connectivity index (χ2v) is 8.55. The Bertz CT molecular complexity index is 1010. The number of carbonyl (C=O) groups excluding carboxylic acids is 3. The summed E-state index contributed by atoms with van der Waals surface area (Å²) in [6, 6.07) is 13.4. The van der Waals surface area contributed by atoms with Gasteiger partial charge in [0.05, 0.1) is 18.9 Å². The second kappa shape index (κ2) is 11.8. The maximum atomic E-state index is 12.3. The van der Waals surface area contributed by atoms with Gasteiger partial charge in [-0.3, -0.25) is 9.69 Å². The maximum absolute atomic E-state index is 12.3. The first-order chi connectivity index (χ1) is 16.0. The minimum absolute atomic E-state index is 0.341. The van der Waals surface area contributed by atoms with E-state index in [1.165, 1.54) is 25.3 Å². The van der Waals surface area contributed by atoms with Crippen LogP contribution in [-0.2, 0) is 20.9 Å². The van der Waals surface area contributed by atoms with Crippen LogP contribution in [0.3, 0.4) is 0 Å². The lowest BCUT2D eigenvalue weighted by Crippen LogP contribution is -2.46. The minimum atomic E-state index is -0.760. The predicted molar refractivity (Wildman–Crippen MR) is 128 cm³/mol. The monoisotopic (exact) mass is 469 g/mol. The number of rotatable bonds is 8. The molecule has 2 rings (SSSR count). The molecule has 182 valence electrons. The second-order valence-electron chi connectivity index (χ2n) is 8.55. The van der Waals surface area contributed by atoms with Crippen LogP contribution < -0.4 is 10.2 Å². The van der Waals surface area contributed by atoms with Crippen molar-refractivity contribution in [2.75, 3.05) is 14.2 Å². The van der Waals surface area contributed by atoms with Crippen LogP contribution in [0.2, 0.25) is 0 Å². The van der Waals surface area contributed by atoms with Crippen LogP contribution in [0.1, 0.15) is 49.2 Å². The van der Waals surface area contributed by atoms with Gasteiger partial charge in [0.1, 0.15) is 24.0 Å². The molecule has 0 heterocycles. The van der Waals surface area contributed by atoms with Gasteiger partial charge in [-0.2, -0.15) is 5.10 Å². The van der Waals surface area contributed by atoms with Crippen LogP contribution in [0, 0.1) is 0 Å². The van der Waals surface area contributed by atoms with Crippen LogP contribution in [0.5, 0.6) is 5.75 Å². The molecule has 0 bridgehead atoms. The third-order valence-electron chi connectivity index (χ3n) is 4.69. The van der Waals surface area contributed by atoms with Gasteiger partial charge in [-0.25, -0.2) is 15.0 Å². The van der Waals surface area contributed by atoms with E-state index in [-0.39, 0.29) is 5.97 Å². The molecule has 1 atom stereocenters. The summed E-state index contributed by atoms with van der Waals surface area (Å²) in [5.74, 6) is -0.168. The normalized spacial score (nSPS) is 12.1. The summed E-state index contributed by atoms with van der Waals surface area (Å²) in [7, 11) is 2.84. The maximum Gasteiger partial charge on any atom is 0.410 e. The van der Waals surface area contributed by atoms with Crippen LogP contribution >= 0.6 is 0 Å². The smallest absolute Gasteiger partial charge is 0.410 e. The number of amides is 2. The zero-order chi connectivity index (χ0) is 25.3. The van der Waals surface area contributed by atoms with Crippen molar-refractivity contribution in [1.82, 2.24) is 10.3 Å². The number of hydrogen-bond acceptors (Lipinski definition) is 7. The van der Waals surface area contributed by atoms with E-state index in [0.717, 1.165) is 11.1 Å². The fraction of sp³-hybridized carbons (Fsp3) is 0.360. The highest BCUT2D eigenvalue weighted by molar-refractivity contribution is 5.89. The molecule has 2 aromatic rings. The largest absolute Gasteiger partial charge is 0.489 e. The van der Waals surface area contributed by atoms with Gasteiger partial charge >= 0.3 is 12.1 Å². The number of likely N-dealkylation sites (N-methyl/N-ethyl adjacent to an activating group) is 1. The van der Waals surface area contributed by atoms with Crippen molar-refractivity contribution >= 4 is 24.2 Å². The van der Waals surface area contributed by atoms with E-state index in [0.29, 0.717) is 17.9 Å². The van der Waals surface area contributed by atoms with Crippen LogP contribution in [-0.4, -0.2) is 54.9 Å². The number of nitrogens with one attached hydrogen (secondary N) is 1. The molecule has 0 aliphatic heterocycles. The number of ether oxygens (including phenoxy) is 3.